The van der Waals surface area contributed by atoms with Gasteiger partial charge in [0, 0.05) is 27.8 Å². The molecule has 60 heavy (non-hydrogen) atoms. The molecule has 8 aromatic carbocycles. The number of rotatable bonds is 7. The largest absolute Gasteiger partial charge is 0.309 e. The molecular formula is C49H27F9N2. The lowest BCUT2D eigenvalue weighted by atomic mass is 9.99. The molecule has 9 rings (SSSR count). The molecule has 0 aliphatic heterocycles. The molecule has 1 aromatic heterocycles. The van der Waals surface area contributed by atoms with Crippen molar-refractivity contribution in [3.63, 3.8) is 0 Å². The van der Waals surface area contributed by atoms with E-state index in [1.807, 2.05) is 91.9 Å². The van der Waals surface area contributed by atoms with Crippen LogP contribution in [0.2, 0.25) is 0 Å². The molecule has 9 aromatic rings. The SMILES string of the molecule is Cc1ccc(-n2c3ccccc3c3cc(-c4ccc(N(c5ccc(-c6ccccc6)cc5)c5c(F)c(F)c(-c6c(F)c(F)c(F)c(F)c6F)c(F)c5F)cc4)ccc32)cc1. The number of aromatic nitrogens is 1. The van der Waals surface area contributed by atoms with Crippen molar-refractivity contribution in [1.29, 1.82) is 0 Å². The van der Waals surface area contributed by atoms with Crippen LogP contribution in [0.5, 0.6) is 0 Å². The highest BCUT2D eigenvalue weighted by Crippen LogP contribution is 2.45. The summed E-state index contributed by atoms with van der Waals surface area (Å²) >= 11 is 0. The molecule has 0 saturated heterocycles. The highest BCUT2D eigenvalue weighted by Gasteiger charge is 2.36. The van der Waals surface area contributed by atoms with Crippen LogP contribution in [-0.4, -0.2) is 4.57 Å². The molecule has 0 amide bonds. The second-order valence-electron chi connectivity index (χ2n) is 14.1. The van der Waals surface area contributed by atoms with E-state index >= 15 is 17.6 Å². The first-order valence-corrected chi connectivity index (χ1v) is 18.5. The lowest BCUT2D eigenvalue weighted by molar-refractivity contribution is 0.379. The van der Waals surface area contributed by atoms with Gasteiger partial charge in [0.2, 0.25) is 5.82 Å². The number of para-hydroxylation sites is 1. The van der Waals surface area contributed by atoms with Gasteiger partial charge in [0.15, 0.2) is 46.5 Å². The van der Waals surface area contributed by atoms with Crippen molar-refractivity contribution in [1.82, 2.24) is 4.57 Å². The van der Waals surface area contributed by atoms with Crippen LogP contribution in [-0.2, 0) is 0 Å². The molecule has 0 bridgehead atoms. The minimum absolute atomic E-state index is 0.00356. The summed E-state index contributed by atoms with van der Waals surface area (Å²) in [6.45, 7) is 2.01. The minimum atomic E-state index is -2.64. The molecule has 0 spiro atoms. The fraction of sp³-hybridized carbons (Fsp3) is 0.0204. The maximum Gasteiger partial charge on any atom is 0.200 e. The average Bonchev–Trinajstić information content (AvgIpc) is 3.61. The van der Waals surface area contributed by atoms with E-state index in [1.54, 1.807) is 36.4 Å². The van der Waals surface area contributed by atoms with Gasteiger partial charge in [0.05, 0.1) is 22.2 Å². The quantitative estimate of drug-likeness (QED) is 0.0884. The van der Waals surface area contributed by atoms with Gasteiger partial charge in [0.1, 0.15) is 5.69 Å². The number of benzene rings is 8. The Hall–Kier alpha value is -7.27. The molecule has 0 saturated carbocycles. The van der Waals surface area contributed by atoms with Gasteiger partial charge in [-0.25, -0.2) is 39.5 Å². The Morgan fingerprint density at radius 3 is 1.37 bits per heavy atom. The van der Waals surface area contributed by atoms with E-state index in [9.17, 15) is 22.0 Å². The van der Waals surface area contributed by atoms with Crippen molar-refractivity contribution in [3.8, 4) is 39.1 Å². The summed E-state index contributed by atoms with van der Waals surface area (Å²) < 4.78 is 138. The van der Waals surface area contributed by atoms with Crippen LogP contribution < -0.4 is 4.90 Å². The third-order valence-electron chi connectivity index (χ3n) is 10.6. The fourth-order valence-corrected chi connectivity index (χ4v) is 7.63. The maximum atomic E-state index is 16.3. The van der Waals surface area contributed by atoms with Crippen molar-refractivity contribution in [3.05, 3.63) is 204 Å². The Balaban J connectivity index is 1.18. The maximum absolute atomic E-state index is 16.3. The number of halogens is 9. The summed E-state index contributed by atoms with van der Waals surface area (Å²) in [6, 6.07) is 43.5. The first-order valence-electron chi connectivity index (χ1n) is 18.5. The predicted molar refractivity (Wildman–Crippen MR) is 216 cm³/mol. The van der Waals surface area contributed by atoms with Crippen molar-refractivity contribution in [2.45, 2.75) is 6.92 Å². The molecule has 0 aliphatic carbocycles. The Morgan fingerprint density at radius 2 is 0.800 bits per heavy atom. The lowest BCUT2D eigenvalue weighted by Crippen LogP contribution is -2.17. The number of hydrogen-bond donors (Lipinski definition) is 0. The molecule has 0 atom stereocenters. The van der Waals surface area contributed by atoms with Crippen LogP contribution in [0, 0.1) is 59.3 Å². The van der Waals surface area contributed by atoms with Gasteiger partial charge in [0.25, 0.3) is 0 Å². The smallest absolute Gasteiger partial charge is 0.200 e. The van der Waals surface area contributed by atoms with Crippen molar-refractivity contribution in [2.75, 3.05) is 4.90 Å². The van der Waals surface area contributed by atoms with Crippen LogP contribution in [0.1, 0.15) is 5.56 Å². The molecule has 11 heteroatoms. The van der Waals surface area contributed by atoms with E-state index in [-0.39, 0.29) is 11.4 Å². The Kier molecular flexibility index (Phi) is 9.46. The van der Waals surface area contributed by atoms with Crippen molar-refractivity contribution < 1.29 is 39.5 Å². The topological polar surface area (TPSA) is 8.17 Å². The first kappa shape index (κ1) is 38.3. The molecular weight excluding hydrogens is 788 g/mol. The van der Waals surface area contributed by atoms with Crippen LogP contribution in [0.3, 0.4) is 0 Å². The zero-order valence-electron chi connectivity index (χ0n) is 31.2. The third kappa shape index (κ3) is 6.16. The summed E-state index contributed by atoms with van der Waals surface area (Å²) in [7, 11) is 0. The lowest BCUT2D eigenvalue weighted by Gasteiger charge is -2.27. The van der Waals surface area contributed by atoms with Gasteiger partial charge in [-0.2, -0.15) is 0 Å². The van der Waals surface area contributed by atoms with E-state index in [4.69, 9.17) is 0 Å². The van der Waals surface area contributed by atoms with Crippen LogP contribution in [0.25, 0.3) is 60.9 Å². The van der Waals surface area contributed by atoms with Gasteiger partial charge >= 0.3 is 0 Å². The highest BCUT2D eigenvalue weighted by molar-refractivity contribution is 6.10. The van der Waals surface area contributed by atoms with Gasteiger partial charge in [-0.3, -0.25) is 0 Å². The molecule has 0 unspecified atom stereocenters. The number of fused-ring (bicyclic) bond motifs is 3. The molecule has 2 nitrogen and oxygen atoms in total. The summed E-state index contributed by atoms with van der Waals surface area (Å²) in [5.41, 5.74) is 1.39. The summed E-state index contributed by atoms with van der Waals surface area (Å²) in [5.74, 6) is -22.1. The number of hydrogen-bond acceptors (Lipinski definition) is 1. The van der Waals surface area contributed by atoms with Gasteiger partial charge in [-0.05, 0) is 83.8 Å². The second-order valence-corrected chi connectivity index (χ2v) is 14.1. The fourth-order valence-electron chi connectivity index (χ4n) is 7.63. The first-order chi connectivity index (χ1) is 28.9. The second kappa shape index (κ2) is 14.8. The zero-order chi connectivity index (χ0) is 42.0. The Bertz CT molecular complexity index is 3070. The average molecular weight is 815 g/mol. The summed E-state index contributed by atoms with van der Waals surface area (Å²) in [4.78, 5) is 0.857. The minimum Gasteiger partial charge on any atom is -0.309 e. The summed E-state index contributed by atoms with van der Waals surface area (Å²) in [6.07, 6.45) is 0. The van der Waals surface area contributed by atoms with Crippen LogP contribution >= 0.6 is 0 Å². The third-order valence-corrected chi connectivity index (χ3v) is 10.6. The van der Waals surface area contributed by atoms with Gasteiger partial charge < -0.3 is 9.47 Å². The van der Waals surface area contributed by atoms with Crippen LogP contribution in [0.15, 0.2) is 146 Å². The number of nitrogens with zero attached hydrogens (tertiary/aromatic N) is 2. The van der Waals surface area contributed by atoms with E-state index < -0.39 is 69.2 Å². The van der Waals surface area contributed by atoms with Gasteiger partial charge in [-0.1, -0.05) is 96.6 Å². The molecule has 296 valence electrons. The normalized spacial score (nSPS) is 11.5. The van der Waals surface area contributed by atoms with E-state index in [1.165, 1.54) is 24.3 Å². The molecule has 0 radical (unpaired) electrons. The monoisotopic (exact) mass is 814 g/mol. The molecule has 0 N–H and O–H groups in total. The van der Waals surface area contributed by atoms with E-state index in [0.717, 1.165) is 49.1 Å². The number of aryl methyl sites for hydroxylation is 1. The van der Waals surface area contributed by atoms with Crippen LogP contribution in [0.4, 0.5) is 56.6 Å². The molecule has 0 aliphatic rings. The summed E-state index contributed by atoms with van der Waals surface area (Å²) in [5, 5.41) is 1.96. The number of anilines is 3. The standard InChI is InChI=1S/C49H27F9N2/c1-26-11-18-33(19-12-26)60-36-10-6-5-9-34(36)35-25-30(17-24-37(35)60)29-15-22-32(23-16-29)59(31-20-13-28(14-21-31)27-7-3-2-4-8-27)49-47(57)42(52)39(43(53)48(49)58)38-40(50)44(54)46(56)45(55)41(38)51/h2-25H,1H3. The highest BCUT2D eigenvalue weighted by atomic mass is 19.2. The predicted octanol–water partition coefficient (Wildman–Crippen LogP) is 14.8. The van der Waals surface area contributed by atoms with Crippen molar-refractivity contribution >= 4 is 38.9 Å². The molecule has 1 heterocycles. The zero-order valence-corrected chi connectivity index (χ0v) is 31.2. The van der Waals surface area contributed by atoms with Gasteiger partial charge in [-0.15, -0.1) is 0 Å². The van der Waals surface area contributed by atoms with Crippen molar-refractivity contribution in [2.24, 2.45) is 0 Å². The van der Waals surface area contributed by atoms with E-state index in [0.29, 0.717) is 11.1 Å². The Morgan fingerprint density at radius 1 is 0.367 bits per heavy atom. The molecule has 0 fully saturated rings. The Labute approximate surface area is 336 Å². The van der Waals surface area contributed by atoms with E-state index in [2.05, 4.69) is 4.57 Å².